The van der Waals surface area contributed by atoms with Gasteiger partial charge in [-0.3, -0.25) is 15.6 Å². The summed E-state index contributed by atoms with van der Waals surface area (Å²) < 4.78 is 9.97. The van der Waals surface area contributed by atoms with Crippen molar-refractivity contribution in [3.63, 3.8) is 0 Å². The largest absolute Gasteiger partial charge is 0.452 e. The molecule has 0 bridgehead atoms. The number of ether oxygens (including phenoxy) is 2. The Balaban J connectivity index is 2.84. The molecule has 0 aliphatic rings. The van der Waals surface area contributed by atoms with Gasteiger partial charge in [0.05, 0.1) is 13.7 Å². The molecular weight excluding hydrogens is 376 g/mol. The minimum atomic E-state index is -0.677. The molecule has 0 spiro atoms. The Kier molecular flexibility index (Phi) is 9.40. The average Bonchev–Trinajstić information content (AvgIpc) is 2.59. The number of carbonyl (C=O) groups excluding carboxylic acids is 3. The maximum Gasteiger partial charge on any atom is 0.428 e. The van der Waals surface area contributed by atoms with E-state index in [0.29, 0.717) is 0 Å². The Morgan fingerprint density at radius 3 is 2.21 bits per heavy atom. The first-order valence-electron chi connectivity index (χ1n) is 9.43. The molecule has 0 unspecified atom stereocenters. The van der Waals surface area contributed by atoms with Gasteiger partial charge in [-0.2, -0.15) is 0 Å². The van der Waals surface area contributed by atoms with Gasteiger partial charge in [-0.25, -0.2) is 19.6 Å². The molecule has 1 aromatic rings. The van der Waals surface area contributed by atoms with Gasteiger partial charge in [0.1, 0.15) is 5.60 Å². The molecule has 0 aliphatic carbocycles. The molecule has 162 valence electrons. The molecule has 0 heterocycles. The van der Waals surface area contributed by atoms with Gasteiger partial charge in [0.25, 0.3) is 5.91 Å². The van der Waals surface area contributed by atoms with E-state index < -0.39 is 23.7 Å². The third kappa shape index (κ3) is 10.3. The van der Waals surface area contributed by atoms with Crippen molar-refractivity contribution in [2.45, 2.75) is 46.8 Å². The molecule has 1 rings (SSSR count). The van der Waals surface area contributed by atoms with E-state index in [1.54, 1.807) is 20.8 Å². The fraction of sp³-hybridized carbons (Fsp3) is 0.550. The number of carbonyl (C=O) groups is 3. The van der Waals surface area contributed by atoms with E-state index in [4.69, 9.17) is 9.47 Å². The summed E-state index contributed by atoms with van der Waals surface area (Å²) in [5, 5.41) is 2.53. The maximum atomic E-state index is 12.5. The van der Waals surface area contributed by atoms with E-state index in [2.05, 4.69) is 10.9 Å². The van der Waals surface area contributed by atoms with E-state index >= 15 is 0 Å². The van der Waals surface area contributed by atoms with Crippen molar-refractivity contribution >= 4 is 18.1 Å². The van der Waals surface area contributed by atoms with Gasteiger partial charge in [0.2, 0.25) is 0 Å². The molecule has 0 aromatic heterocycles. The number of benzene rings is 1. The number of rotatable bonds is 7. The summed E-state index contributed by atoms with van der Waals surface area (Å²) >= 11 is 0. The lowest BCUT2D eigenvalue weighted by molar-refractivity contribution is -0.127. The molecule has 9 heteroatoms. The average molecular weight is 408 g/mol. The fourth-order valence-corrected chi connectivity index (χ4v) is 2.37. The summed E-state index contributed by atoms with van der Waals surface area (Å²) in [5.41, 5.74) is 5.32. The molecular formula is C20H32N4O5. The van der Waals surface area contributed by atoms with Crippen molar-refractivity contribution in [2.24, 2.45) is 5.92 Å². The highest BCUT2D eigenvalue weighted by molar-refractivity contribution is 5.81. The van der Waals surface area contributed by atoms with Crippen molar-refractivity contribution in [3.8, 4) is 0 Å². The fourth-order valence-electron chi connectivity index (χ4n) is 2.37. The summed E-state index contributed by atoms with van der Waals surface area (Å²) in [6.07, 6.45) is -1.34. The van der Waals surface area contributed by atoms with Gasteiger partial charge in [-0.1, -0.05) is 44.2 Å². The molecule has 0 radical (unpaired) electrons. The van der Waals surface area contributed by atoms with Crippen LogP contribution in [0.5, 0.6) is 0 Å². The first kappa shape index (κ1) is 24.2. The SMILES string of the molecule is COC(=O)N(CC(C)C)NC(=O)CN(Cc1ccccc1)NC(=O)OC(C)(C)C. The van der Waals surface area contributed by atoms with E-state index in [9.17, 15) is 14.4 Å². The van der Waals surface area contributed by atoms with E-state index in [0.717, 1.165) is 10.6 Å². The van der Waals surface area contributed by atoms with Crippen LogP contribution in [0.15, 0.2) is 30.3 Å². The number of hydrazine groups is 2. The summed E-state index contributed by atoms with van der Waals surface area (Å²) in [4.78, 5) is 36.6. The second-order valence-corrected chi connectivity index (χ2v) is 7.96. The first-order chi connectivity index (χ1) is 13.5. The van der Waals surface area contributed by atoms with Gasteiger partial charge in [0.15, 0.2) is 0 Å². The van der Waals surface area contributed by atoms with E-state index in [1.165, 1.54) is 12.1 Å². The lowest BCUT2D eigenvalue weighted by atomic mass is 10.2. The van der Waals surface area contributed by atoms with Crippen molar-refractivity contribution in [3.05, 3.63) is 35.9 Å². The minimum Gasteiger partial charge on any atom is -0.452 e. The molecule has 0 aliphatic heterocycles. The highest BCUT2D eigenvalue weighted by Gasteiger charge is 2.22. The van der Waals surface area contributed by atoms with Crippen LogP contribution < -0.4 is 10.9 Å². The topological polar surface area (TPSA) is 100 Å². The van der Waals surface area contributed by atoms with Crippen LogP contribution in [-0.4, -0.2) is 53.9 Å². The summed E-state index contributed by atoms with van der Waals surface area (Å²) in [6, 6.07) is 9.36. The Bertz CT molecular complexity index is 673. The Morgan fingerprint density at radius 1 is 1.07 bits per heavy atom. The van der Waals surface area contributed by atoms with E-state index in [1.807, 2.05) is 44.2 Å². The Morgan fingerprint density at radius 2 is 1.69 bits per heavy atom. The number of hydrogen-bond donors (Lipinski definition) is 2. The van der Waals surface area contributed by atoms with Crippen LogP contribution >= 0.6 is 0 Å². The van der Waals surface area contributed by atoms with Crippen LogP contribution in [0.2, 0.25) is 0 Å². The molecule has 0 fully saturated rings. The third-order valence-corrected chi connectivity index (χ3v) is 3.40. The van der Waals surface area contributed by atoms with Crippen LogP contribution in [0.25, 0.3) is 0 Å². The van der Waals surface area contributed by atoms with Crippen molar-refractivity contribution in [2.75, 3.05) is 20.2 Å². The summed E-state index contributed by atoms with van der Waals surface area (Å²) in [6.45, 7) is 9.44. The Labute approximate surface area is 172 Å². The van der Waals surface area contributed by atoms with Crippen LogP contribution in [0.1, 0.15) is 40.2 Å². The first-order valence-corrected chi connectivity index (χ1v) is 9.43. The number of nitrogens with one attached hydrogen (secondary N) is 2. The number of amides is 3. The van der Waals surface area contributed by atoms with Gasteiger partial charge >= 0.3 is 12.2 Å². The smallest absolute Gasteiger partial charge is 0.428 e. The van der Waals surface area contributed by atoms with Crippen molar-refractivity contribution in [1.82, 2.24) is 20.9 Å². The van der Waals surface area contributed by atoms with Gasteiger partial charge in [-0.05, 0) is 32.3 Å². The highest BCUT2D eigenvalue weighted by atomic mass is 16.6. The lowest BCUT2D eigenvalue weighted by Gasteiger charge is -2.28. The van der Waals surface area contributed by atoms with Gasteiger partial charge in [-0.15, -0.1) is 0 Å². The second kappa shape index (κ2) is 11.3. The number of nitrogens with zero attached hydrogens (tertiary/aromatic N) is 2. The predicted molar refractivity (Wildman–Crippen MR) is 108 cm³/mol. The van der Waals surface area contributed by atoms with Crippen LogP contribution in [-0.2, 0) is 20.8 Å². The van der Waals surface area contributed by atoms with E-state index in [-0.39, 0.29) is 25.6 Å². The standard InChI is InChI=1S/C20H32N4O5/c1-15(2)12-24(19(27)28-6)21-17(25)14-23(13-16-10-8-7-9-11-16)22-18(26)29-20(3,4)5/h7-11,15H,12-14H2,1-6H3,(H,21,25)(H,22,26). The lowest BCUT2D eigenvalue weighted by Crippen LogP contribution is -2.53. The zero-order valence-electron chi connectivity index (χ0n) is 18.0. The van der Waals surface area contributed by atoms with Crippen LogP contribution in [0.3, 0.4) is 0 Å². The quantitative estimate of drug-likeness (QED) is 0.673. The summed E-state index contributed by atoms with van der Waals surface area (Å²) in [7, 11) is 1.24. The molecule has 0 atom stereocenters. The van der Waals surface area contributed by atoms with Crippen LogP contribution in [0, 0.1) is 5.92 Å². The normalized spacial score (nSPS) is 11.2. The molecule has 3 amide bonds. The molecule has 0 saturated carbocycles. The van der Waals surface area contributed by atoms with Gasteiger partial charge < -0.3 is 9.47 Å². The zero-order chi connectivity index (χ0) is 22.0. The van der Waals surface area contributed by atoms with Crippen LogP contribution in [0.4, 0.5) is 9.59 Å². The van der Waals surface area contributed by atoms with Crippen molar-refractivity contribution in [1.29, 1.82) is 0 Å². The number of methoxy groups -OCH3 is 1. The molecule has 29 heavy (non-hydrogen) atoms. The maximum absolute atomic E-state index is 12.5. The monoisotopic (exact) mass is 408 g/mol. The zero-order valence-corrected chi connectivity index (χ0v) is 18.0. The minimum absolute atomic E-state index is 0.120. The third-order valence-electron chi connectivity index (χ3n) is 3.40. The highest BCUT2D eigenvalue weighted by Crippen LogP contribution is 2.08. The predicted octanol–water partition coefficient (Wildman–Crippen LogP) is 2.68. The molecule has 1 aromatic carbocycles. The number of hydrogen-bond acceptors (Lipinski definition) is 6. The second-order valence-electron chi connectivity index (χ2n) is 7.96. The molecule has 0 saturated heterocycles. The Hall–Kier alpha value is -2.81. The van der Waals surface area contributed by atoms with Crippen molar-refractivity contribution < 1.29 is 23.9 Å². The molecule has 9 nitrogen and oxygen atoms in total. The molecule has 2 N–H and O–H groups in total. The summed E-state index contributed by atoms with van der Waals surface area (Å²) in [5.74, 6) is -0.363. The van der Waals surface area contributed by atoms with Gasteiger partial charge in [0, 0.05) is 13.1 Å².